The molecule has 5 nitrogen and oxygen atoms in total. The monoisotopic (exact) mass is 331 g/mol. The highest BCUT2D eigenvalue weighted by Crippen LogP contribution is 2.30. The zero-order valence-corrected chi connectivity index (χ0v) is 14.0. The van der Waals surface area contributed by atoms with E-state index in [9.17, 15) is 13.2 Å². The molecule has 0 aliphatic carbocycles. The molecule has 0 amide bonds. The molecule has 1 aromatic rings. The lowest BCUT2D eigenvalue weighted by molar-refractivity contribution is 0.0702. The molecular formula is C14H21NO4S2. The fourth-order valence-corrected chi connectivity index (χ4v) is 5.65. The molecule has 2 rings (SSSR count). The summed E-state index contributed by atoms with van der Waals surface area (Å²) in [7, 11) is -3.58. The first-order valence-corrected chi connectivity index (χ1v) is 9.45. The molecule has 1 fully saturated rings. The minimum Gasteiger partial charge on any atom is -0.477 e. The van der Waals surface area contributed by atoms with E-state index in [4.69, 9.17) is 5.11 Å². The summed E-state index contributed by atoms with van der Waals surface area (Å²) in [6.07, 6.45) is 3.89. The van der Waals surface area contributed by atoms with E-state index in [0.717, 1.165) is 37.0 Å². The van der Waals surface area contributed by atoms with Crippen LogP contribution >= 0.6 is 11.3 Å². The molecule has 0 radical (unpaired) electrons. The van der Waals surface area contributed by atoms with Crippen LogP contribution in [0.5, 0.6) is 0 Å². The Morgan fingerprint density at radius 2 is 2.14 bits per heavy atom. The topological polar surface area (TPSA) is 74.7 Å². The van der Waals surface area contributed by atoms with Crippen LogP contribution in [0, 0.1) is 12.8 Å². The second kappa shape index (κ2) is 6.46. The predicted octanol–water partition coefficient (Wildman–Crippen LogP) is 2.96. The van der Waals surface area contributed by atoms with Crippen LogP contribution in [-0.4, -0.2) is 36.9 Å². The van der Waals surface area contributed by atoms with Gasteiger partial charge in [-0.25, -0.2) is 13.2 Å². The van der Waals surface area contributed by atoms with E-state index in [2.05, 4.69) is 6.92 Å². The molecule has 7 heteroatoms. The molecule has 1 saturated heterocycles. The Balaban J connectivity index is 2.27. The van der Waals surface area contributed by atoms with Crippen molar-refractivity contribution in [2.75, 3.05) is 13.1 Å². The first kappa shape index (κ1) is 16.5. The molecule has 21 heavy (non-hydrogen) atoms. The molecule has 1 atom stereocenters. The third-order valence-electron chi connectivity index (χ3n) is 4.08. The zero-order valence-electron chi connectivity index (χ0n) is 12.3. The van der Waals surface area contributed by atoms with Crippen molar-refractivity contribution in [2.45, 2.75) is 44.4 Å². The average Bonchev–Trinajstić information content (AvgIpc) is 2.68. The quantitative estimate of drug-likeness (QED) is 0.920. The first-order valence-electron chi connectivity index (χ1n) is 7.20. The van der Waals surface area contributed by atoms with Gasteiger partial charge in [0.2, 0.25) is 10.0 Å². The Labute approximate surface area is 129 Å². The van der Waals surface area contributed by atoms with Crippen LogP contribution in [0.4, 0.5) is 0 Å². The summed E-state index contributed by atoms with van der Waals surface area (Å²) in [4.78, 5) is 11.8. The number of carboxylic acid groups (broad SMARTS) is 1. The number of rotatable bonds is 4. The van der Waals surface area contributed by atoms with Crippen molar-refractivity contribution in [1.29, 1.82) is 0 Å². The standard InChI is InChI=1S/C14H21NO4S2/c1-3-11-5-4-7-15(8-6-11)21(18,19)13-9-12(14(16)17)20-10(13)2/h9,11H,3-8H2,1-2H3,(H,16,17). The Hall–Kier alpha value is -0.920. The Morgan fingerprint density at radius 3 is 2.71 bits per heavy atom. The number of thiophene rings is 1. The minimum atomic E-state index is -3.58. The Morgan fingerprint density at radius 1 is 1.43 bits per heavy atom. The predicted molar refractivity (Wildman–Crippen MR) is 82.4 cm³/mol. The van der Waals surface area contributed by atoms with Crippen molar-refractivity contribution in [3.05, 3.63) is 15.8 Å². The molecule has 1 aliphatic rings. The van der Waals surface area contributed by atoms with Crippen molar-refractivity contribution in [3.63, 3.8) is 0 Å². The van der Waals surface area contributed by atoms with Crippen molar-refractivity contribution in [2.24, 2.45) is 5.92 Å². The maximum Gasteiger partial charge on any atom is 0.345 e. The number of hydrogen-bond acceptors (Lipinski definition) is 4. The summed E-state index contributed by atoms with van der Waals surface area (Å²) in [6, 6.07) is 1.29. The number of sulfonamides is 1. The second-order valence-corrected chi connectivity index (χ2v) is 8.61. The maximum absolute atomic E-state index is 12.7. The molecule has 1 N–H and O–H groups in total. The largest absolute Gasteiger partial charge is 0.477 e. The number of carboxylic acids is 1. The van der Waals surface area contributed by atoms with Crippen LogP contribution in [0.3, 0.4) is 0 Å². The highest BCUT2D eigenvalue weighted by Gasteiger charge is 2.30. The number of hydrogen-bond donors (Lipinski definition) is 1. The molecule has 0 bridgehead atoms. The van der Waals surface area contributed by atoms with E-state index in [1.165, 1.54) is 10.4 Å². The van der Waals surface area contributed by atoms with Crippen LogP contribution in [0.1, 0.15) is 47.2 Å². The highest BCUT2D eigenvalue weighted by molar-refractivity contribution is 7.89. The van der Waals surface area contributed by atoms with Crippen molar-refractivity contribution < 1.29 is 18.3 Å². The van der Waals surface area contributed by atoms with Crippen LogP contribution in [0.25, 0.3) is 0 Å². The lowest BCUT2D eigenvalue weighted by Crippen LogP contribution is -2.32. The number of aromatic carboxylic acids is 1. The summed E-state index contributed by atoms with van der Waals surface area (Å²) in [5.41, 5.74) is 0. The molecule has 1 unspecified atom stereocenters. The summed E-state index contributed by atoms with van der Waals surface area (Å²) in [5, 5.41) is 9.01. The van der Waals surface area contributed by atoms with E-state index in [1.807, 2.05) is 0 Å². The zero-order chi connectivity index (χ0) is 15.6. The van der Waals surface area contributed by atoms with E-state index < -0.39 is 16.0 Å². The van der Waals surface area contributed by atoms with Gasteiger partial charge in [-0.2, -0.15) is 4.31 Å². The first-order chi connectivity index (χ1) is 9.86. The molecule has 0 saturated carbocycles. The van der Waals surface area contributed by atoms with E-state index in [-0.39, 0.29) is 9.77 Å². The van der Waals surface area contributed by atoms with Crippen molar-refractivity contribution in [3.8, 4) is 0 Å². The van der Waals surface area contributed by atoms with Gasteiger partial charge in [-0.1, -0.05) is 13.3 Å². The number of carbonyl (C=O) groups is 1. The highest BCUT2D eigenvalue weighted by atomic mass is 32.2. The third kappa shape index (κ3) is 3.46. The lowest BCUT2D eigenvalue weighted by atomic mass is 9.98. The van der Waals surface area contributed by atoms with Crippen LogP contribution in [0.15, 0.2) is 11.0 Å². The fourth-order valence-electron chi connectivity index (χ4n) is 2.75. The van der Waals surface area contributed by atoms with Crippen LogP contribution < -0.4 is 0 Å². The van der Waals surface area contributed by atoms with Gasteiger partial charge < -0.3 is 5.11 Å². The molecule has 1 aliphatic heterocycles. The van der Waals surface area contributed by atoms with Gasteiger partial charge in [0.15, 0.2) is 0 Å². The van der Waals surface area contributed by atoms with E-state index in [1.54, 1.807) is 6.92 Å². The van der Waals surface area contributed by atoms with Crippen LogP contribution in [0.2, 0.25) is 0 Å². The van der Waals surface area contributed by atoms with Crippen molar-refractivity contribution >= 4 is 27.3 Å². The molecule has 1 aromatic heterocycles. The molecule has 0 spiro atoms. The van der Waals surface area contributed by atoms with E-state index in [0.29, 0.717) is 23.9 Å². The summed E-state index contributed by atoms with van der Waals surface area (Å²) < 4.78 is 27.0. The third-order valence-corrected chi connectivity index (χ3v) is 7.28. The summed E-state index contributed by atoms with van der Waals surface area (Å²) >= 11 is 1.02. The second-order valence-electron chi connectivity index (χ2n) is 5.45. The Bertz CT molecular complexity index is 621. The van der Waals surface area contributed by atoms with E-state index >= 15 is 0 Å². The van der Waals surface area contributed by atoms with Gasteiger partial charge in [-0.15, -0.1) is 11.3 Å². The fraction of sp³-hybridized carbons (Fsp3) is 0.643. The molecule has 2 heterocycles. The van der Waals surface area contributed by atoms with Gasteiger partial charge in [0, 0.05) is 18.0 Å². The SMILES string of the molecule is CCC1CCCN(S(=O)(=O)c2cc(C(=O)O)sc2C)CC1. The number of nitrogens with zero attached hydrogens (tertiary/aromatic N) is 1. The maximum atomic E-state index is 12.7. The lowest BCUT2D eigenvalue weighted by Gasteiger charge is -2.20. The normalized spacial score (nSPS) is 21.1. The smallest absolute Gasteiger partial charge is 0.345 e. The van der Waals surface area contributed by atoms with Gasteiger partial charge in [0.1, 0.15) is 4.88 Å². The van der Waals surface area contributed by atoms with Gasteiger partial charge in [-0.3, -0.25) is 0 Å². The summed E-state index contributed by atoms with van der Waals surface area (Å²) in [6.45, 7) is 4.85. The Kier molecular flexibility index (Phi) is 5.06. The van der Waals surface area contributed by atoms with Gasteiger partial charge in [0.25, 0.3) is 0 Å². The van der Waals surface area contributed by atoms with Gasteiger partial charge in [0.05, 0.1) is 4.90 Å². The van der Waals surface area contributed by atoms with Gasteiger partial charge in [-0.05, 0) is 38.2 Å². The van der Waals surface area contributed by atoms with Crippen molar-refractivity contribution in [1.82, 2.24) is 4.31 Å². The minimum absolute atomic E-state index is 0.0762. The van der Waals surface area contributed by atoms with Gasteiger partial charge >= 0.3 is 5.97 Å². The number of aryl methyl sites for hydroxylation is 1. The average molecular weight is 331 g/mol. The molecule has 0 aromatic carbocycles. The van der Waals surface area contributed by atoms with Crippen LogP contribution in [-0.2, 0) is 10.0 Å². The summed E-state index contributed by atoms with van der Waals surface area (Å²) in [5.74, 6) is -0.491. The molecular weight excluding hydrogens is 310 g/mol. The molecule has 118 valence electrons.